The quantitative estimate of drug-likeness (QED) is 0.684. The number of nitrogens with one attached hydrogen (secondary N) is 1. The number of rotatable bonds is 6. The Kier molecular flexibility index (Phi) is 4.82. The number of hydrogen-bond acceptors (Lipinski definition) is 6. The van der Waals surface area contributed by atoms with Crippen molar-refractivity contribution in [2.45, 2.75) is 33.2 Å². The van der Waals surface area contributed by atoms with Crippen molar-refractivity contribution in [2.75, 3.05) is 16.2 Å². The lowest BCUT2D eigenvalue weighted by molar-refractivity contribution is 0.545. The zero-order valence-corrected chi connectivity index (χ0v) is 15.8. The Labute approximate surface area is 152 Å². The van der Waals surface area contributed by atoms with Gasteiger partial charge in [0.25, 0.3) is 0 Å². The minimum absolute atomic E-state index is 0.0206. The molecule has 0 radical (unpaired) electrons. The van der Waals surface area contributed by atoms with E-state index < -0.39 is 10.0 Å². The molecule has 9 heteroatoms. The first-order valence-electron chi connectivity index (χ1n) is 8.38. The SMILES string of the molecule is CCS(=O)(=O)Nc1cccc(Cc2nc(N)c3cnn(C(C)C)c3n2)c1. The molecule has 0 atom stereocenters. The van der Waals surface area contributed by atoms with Crippen molar-refractivity contribution in [1.29, 1.82) is 0 Å². The lowest BCUT2D eigenvalue weighted by atomic mass is 10.1. The minimum atomic E-state index is -3.32. The van der Waals surface area contributed by atoms with Gasteiger partial charge in [-0.15, -0.1) is 0 Å². The van der Waals surface area contributed by atoms with Crippen molar-refractivity contribution in [1.82, 2.24) is 19.7 Å². The van der Waals surface area contributed by atoms with E-state index in [2.05, 4.69) is 19.8 Å². The molecule has 3 N–H and O–H groups in total. The fourth-order valence-corrected chi connectivity index (χ4v) is 3.26. The van der Waals surface area contributed by atoms with Crippen LogP contribution in [-0.4, -0.2) is 33.9 Å². The molecule has 26 heavy (non-hydrogen) atoms. The number of nitrogen functional groups attached to an aromatic ring is 1. The van der Waals surface area contributed by atoms with Gasteiger partial charge in [-0.1, -0.05) is 12.1 Å². The summed E-state index contributed by atoms with van der Waals surface area (Å²) >= 11 is 0. The number of sulfonamides is 1. The third-order valence-electron chi connectivity index (χ3n) is 3.96. The summed E-state index contributed by atoms with van der Waals surface area (Å²) in [6, 6.07) is 7.33. The Morgan fingerprint density at radius 2 is 2.04 bits per heavy atom. The van der Waals surface area contributed by atoms with Crippen LogP contribution in [0.4, 0.5) is 11.5 Å². The Morgan fingerprint density at radius 1 is 1.27 bits per heavy atom. The van der Waals surface area contributed by atoms with E-state index in [-0.39, 0.29) is 11.8 Å². The molecule has 0 aliphatic carbocycles. The second kappa shape index (κ2) is 6.91. The molecule has 3 aromatic rings. The van der Waals surface area contributed by atoms with Gasteiger partial charge < -0.3 is 5.73 Å². The van der Waals surface area contributed by atoms with Crippen molar-refractivity contribution in [2.24, 2.45) is 0 Å². The van der Waals surface area contributed by atoms with Gasteiger partial charge in [-0.25, -0.2) is 23.1 Å². The monoisotopic (exact) mass is 374 g/mol. The van der Waals surface area contributed by atoms with Gasteiger partial charge in [0.2, 0.25) is 10.0 Å². The van der Waals surface area contributed by atoms with E-state index >= 15 is 0 Å². The average molecular weight is 374 g/mol. The number of benzene rings is 1. The number of nitrogens with two attached hydrogens (primary N) is 1. The van der Waals surface area contributed by atoms with Crippen LogP contribution in [0.3, 0.4) is 0 Å². The first-order valence-corrected chi connectivity index (χ1v) is 10.0. The van der Waals surface area contributed by atoms with Crippen LogP contribution in [0.2, 0.25) is 0 Å². The van der Waals surface area contributed by atoms with Crippen LogP contribution in [0.25, 0.3) is 11.0 Å². The highest BCUT2D eigenvalue weighted by Gasteiger charge is 2.13. The second-order valence-corrected chi connectivity index (χ2v) is 8.34. The molecule has 0 bridgehead atoms. The first kappa shape index (κ1) is 18.1. The van der Waals surface area contributed by atoms with E-state index in [9.17, 15) is 8.42 Å². The predicted octanol–water partition coefficient (Wildman–Crippen LogP) is 2.34. The number of nitrogens with zero attached hydrogens (tertiary/aromatic N) is 4. The fourth-order valence-electron chi connectivity index (χ4n) is 2.63. The van der Waals surface area contributed by atoms with E-state index in [1.54, 1.807) is 31.3 Å². The minimum Gasteiger partial charge on any atom is -0.383 e. The Balaban J connectivity index is 1.93. The fraction of sp³-hybridized carbons (Fsp3) is 0.353. The highest BCUT2D eigenvalue weighted by molar-refractivity contribution is 7.92. The Hall–Kier alpha value is -2.68. The molecule has 8 nitrogen and oxygen atoms in total. The van der Waals surface area contributed by atoms with Gasteiger partial charge in [-0.3, -0.25) is 4.72 Å². The van der Waals surface area contributed by atoms with E-state index in [0.717, 1.165) is 10.9 Å². The van der Waals surface area contributed by atoms with Gasteiger partial charge in [0.15, 0.2) is 5.65 Å². The summed E-state index contributed by atoms with van der Waals surface area (Å²) in [6.07, 6.45) is 2.11. The first-order chi connectivity index (χ1) is 12.3. The van der Waals surface area contributed by atoms with Crippen molar-refractivity contribution in [3.05, 3.63) is 41.9 Å². The van der Waals surface area contributed by atoms with Gasteiger partial charge >= 0.3 is 0 Å². The summed E-state index contributed by atoms with van der Waals surface area (Å²) in [5, 5.41) is 5.05. The second-order valence-electron chi connectivity index (χ2n) is 6.33. The summed E-state index contributed by atoms with van der Waals surface area (Å²) in [5.74, 6) is 0.972. The van der Waals surface area contributed by atoms with Crippen molar-refractivity contribution in [3.63, 3.8) is 0 Å². The van der Waals surface area contributed by atoms with Gasteiger partial charge in [0.05, 0.1) is 17.3 Å². The Bertz CT molecular complexity index is 1040. The van der Waals surface area contributed by atoms with Crippen LogP contribution in [0.1, 0.15) is 38.2 Å². The maximum Gasteiger partial charge on any atom is 0.232 e. The molecule has 0 saturated carbocycles. The maximum atomic E-state index is 11.7. The molecular weight excluding hydrogens is 352 g/mol. The van der Waals surface area contributed by atoms with Crippen LogP contribution >= 0.6 is 0 Å². The predicted molar refractivity (Wildman–Crippen MR) is 102 cm³/mol. The molecule has 2 heterocycles. The third-order valence-corrected chi connectivity index (χ3v) is 5.27. The molecule has 1 aromatic carbocycles. The normalized spacial score (nSPS) is 12.0. The van der Waals surface area contributed by atoms with E-state index in [1.807, 2.05) is 24.6 Å². The molecular formula is C17H22N6O2S. The molecule has 0 unspecified atom stereocenters. The van der Waals surface area contributed by atoms with Gasteiger partial charge in [0.1, 0.15) is 11.6 Å². The number of hydrogen-bond donors (Lipinski definition) is 2. The molecule has 138 valence electrons. The summed E-state index contributed by atoms with van der Waals surface area (Å²) < 4.78 is 27.8. The molecule has 0 amide bonds. The van der Waals surface area contributed by atoms with Crippen LogP contribution < -0.4 is 10.5 Å². The van der Waals surface area contributed by atoms with Crippen molar-refractivity contribution < 1.29 is 8.42 Å². The zero-order chi connectivity index (χ0) is 18.9. The van der Waals surface area contributed by atoms with Crippen molar-refractivity contribution >= 4 is 32.6 Å². The topological polar surface area (TPSA) is 116 Å². The molecule has 0 saturated heterocycles. The smallest absolute Gasteiger partial charge is 0.232 e. The molecule has 0 aliphatic rings. The van der Waals surface area contributed by atoms with Gasteiger partial charge in [0, 0.05) is 18.2 Å². The molecule has 0 aliphatic heterocycles. The van der Waals surface area contributed by atoms with E-state index in [1.165, 1.54) is 0 Å². The summed E-state index contributed by atoms with van der Waals surface area (Å²) in [5.41, 5.74) is 8.16. The van der Waals surface area contributed by atoms with Gasteiger partial charge in [-0.05, 0) is 38.5 Å². The van der Waals surface area contributed by atoms with E-state index in [4.69, 9.17) is 5.73 Å². The summed E-state index contributed by atoms with van der Waals surface area (Å²) in [7, 11) is -3.32. The zero-order valence-electron chi connectivity index (χ0n) is 15.0. The number of anilines is 2. The lowest BCUT2D eigenvalue weighted by Gasteiger charge is -2.09. The molecule has 0 fully saturated rings. The van der Waals surface area contributed by atoms with Crippen LogP contribution in [0.15, 0.2) is 30.5 Å². The Morgan fingerprint density at radius 3 is 2.73 bits per heavy atom. The summed E-state index contributed by atoms with van der Waals surface area (Å²) in [6.45, 7) is 5.64. The largest absolute Gasteiger partial charge is 0.383 e. The summed E-state index contributed by atoms with van der Waals surface area (Å²) in [4.78, 5) is 8.97. The molecule has 2 aromatic heterocycles. The van der Waals surface area contributed by atoms with Crippen LogP contribution in [-0.2, 0) is 16.4 Å². The van der Waals surface area contributed by atoms with Crippen LogP contribution in [0.5, 0.6) is 0 Å². The highest BCUT2D eigenvalue weighted by atomic mass is 32.2. The molecule has 3 rings (SSSR count). The number of fused-ring (bicyclic) bond motifs is 1. The maximum absolute atomic E-state index is 11.7. The van der Waals surface area contributed by atoms with E-state index in [0.29, 0.717) is 29.4 Å². The van der Waals surface area contributed by atoms with Crippen LogP contribution in [0, 0.1) is 0 Å². The highest BCUT2D eigenvalue weighted by Crippen LogP contribution is 2.22. The standard InChI is InChI=1S/C17H22N6O2S/c1-4-26(24,25)22-13-7-5-6-12(8-13)9-15-20-16(18)14-10-19-23(11(2)3)17(14)21-15/h5-8,10-11,22H,4,9H2,1-3H3,(H2,18,20,21). The third kappa shape index (κ3) is 3.77. The van der Waals surface area contributed by atoms with Crippen molar-refractivity contribution in [3.8, 4) is 0 Å². The lowest BCUT2D eigenvalue weighted by Crippen LogP contribution is -2.14. The number of aromatic nitrogens is 4. The van der Waals surface area contributed by atoms with Gasteiger partial charge in [-0.2, -0.15) is 5.10 Å². The molecule has 0 spiro atoms. The average Bonchev–Trinajstić information content (AvgIpc) is 2.99.